The normalized spacial score (nSPS) is 20.5. The molecule has 2 rings (SSSR count). The molecule has 5 nitrogen and oxygen atoms in total. The highest BCUT2D eigenvalue weighted by Crippen LogP contribution is 2.20. The summed E-state index contributed by atoms with van der Waals surface area (Å²) in [5.41, 5.74) is 0.817. The molecule has 0 radical (unpaired) electrons. The Balaban J connectivity index is 2.11. The number of anilines is 1. The monoisotopic (exact) mass is 347 g/mol. The molecule has 116 valence electrons. The van der Waals surface area contributed by atoms with Gasteiger partial charge in [-0.1, -0.05) is 11.6 Å². The molecule has 1 N–H and O–H groups in total. The zero-order valence-corrected chi connectivity index (χ0v) is 14.3. The number of benzene rings is 1. The topological polar surface area (TPSA) is 52.6 Å². The summed E-state index contributed by atoms with van der Waals surface area (Å²) in [5.74, 6) is 0.346. The highest BCUT2D eigenvalue weighted by molar-refractivity contribution is 7.91. The number of thiocarbonyl (C=S) groups is 1. The summed E-state index contributed by atoms with van der Waals surface area (Å²) in [4.78, 5) is 0. The molecule has 1 aliphatic rings. The van der Waals surface area contributed by atoms with Crippen molar-refractivity contribution in [2.24, 2.45) is 0 Å². The van der Waals surface area contributed by atoms with Crippen LogP contribution >= 0.6 is 23.8 Å². The number of rotatable bonds is 3. The second-order valence-corrected chi connectivity index (χ2v) is 8.24. The second kappa shape index (κ2) is 6.48. The fraction of sp³-hybridized carbons (Fsp3) is 0.462. The van der Waals surface area contributed by atoms with E-state index in [9.17, 15) is 8.42 Å². The Bertz CT molecular complexity index is 617. The van der Waals surface area contributed by atoms with Crippen LogP contribution in [-0.2, 0) is 9.84 Å². The number of hydrazine groups is 1. The molecule has 0 aliphatic carbocycles. The van der Waals surface area contributed by atoms with Gasteiger partial charge in [-0.25, -0.2) is 13.4 Å². The smallest absolute Gasteiger partial charge is 0.188 e. The average Bonchev–Trinajstić information content (AvgIpc) is 2.72. The lowest BCUT2D eigenvalue weighted by Crippen LogP contribution is -2.51. The van der Waals surface area contributed by atoms with Crippen molar-refractivity contribution in [2.45, 2.75) is 12.5 Å². The highest BCUT2D eigenvalue weighted by Gasteiger charge is 2.34. The Hall–Kier alpha value is -0.890. The van der Waals surface area contributed by atoms with Crippen molar-refractivity contribution >= 4 is 44.5 Å². The maximum atomic E-state index is 11.7. The minimum Gasteiger partial charge on any atom is -0.332 e. The third-order valence-electron chi connectivity index (χ3n) is 3.29. The van der Waals surface area contributed by atoms with E-state index < -0.39 is 9.84 Å². The first-order chi connectivity index (χ1) is 9.78. The van der Waals surface area contributed by atoms with Crippen molar-refractivity contribution in [3.63, 3.8) is 0 Å². The van der Waals surface area contributed by atoms with Gasteiger partial charge in [0.1, 0.15) is 0 Å². The first-order valence-corrected chi connectivity index (χ1v) is 9.13. The number of hydrogen-bond acceptors (Lipinski definition) is 4. The van der Waals surface area contributed by atoms with Crippen molar-refractivity contribution in [1.82, 2.24) is 10.0 Å². The van der Waals surface area contributed by atoms with Crippen LogP contribution in [0.4, 0.5) is 5.69 Å². The summed E-state index contributed by atoms with van der Waals surface area (Å²) in [5, 5.41) is 7.87. The zero-order chi connectivity index (χ0) is 15.6. The summed E-state index contributed by atoms with van der Waals surface area (Å²) in [6, 6.07) is 7.07. The number of nitrogens with zero attached hydrogens (tertiary/aromatic N) is 2. The molecule has 1 aliphatic heterocycles. The third kappa shape index (κ3) is 4.29. The van der Waals surface area contributed by atoms with Crippen LogP contribution in [0.5, 0.6) is 0 Å². The molecule has 1 heterocycles. The first-order valence-electron chi connectivity index (χ1n) is 6.52. The van der Waals surface area contributed by atoms with Crippen LogP contribution in [-0.4, -0.2) is 55.2 Å². The third-order valence-corrected chi connectivity index (χ3v) is 5.58. The lowest BCUT2D eigenvalue weighted by atomic mass is 10.2. The van der Waals surface area contributed by atoms with Gasteiger partial charge >= 0.3 is 0 Å². The maximum Gasteiger partial charge on any atom is 0.188 e. The van der Waals surface area contributed by atoms with Crippen LogP contribution in [0.1, 0.15) is 6.42 Å². The lowest BCUT2D eigenvalue weighted by molar-refractivity contribution is 0.0757. The molecular formula is C13H18ClN3O2S2. The van der Waals surface area contributed by atoms with E-state index in [1.807, 2.05) is 36.2 Å². The summed E-state index contributed by atoms with van der Waals surface area (Å²) in [6.07, 6.45) is 0.586. The molecule has 1 aromatic rings. The van der Waals surface area contributed by atoms with Gasteiger partial charge in [-0.15, -0.1) is 0 Å². The summed E-state index contributed by atoms with van der Waals surface area (Å²) >= 11 is 11.3. The van der Waals surface area contributed by atoms with Crippen LogP contribution in [0.3, 0.4) is 0 Å². The summed E-state index contributed by atoms with van der Waals surface area (Å²) in [7, 11) is 0.737. The van der Waals surface area contributed by atoms with Crippen molar-refractivity contribution in [2.75, 3.05) is 30.9 Å². The van der Waals surface area contributed by atoms with E-state index in [0.29, 0.717) is 16.6 Å². The molecule has 1 saturated heterocycles. The molecule has 0 aromatic heterocycles. The Morgan fingerprint density at radius 2 is 1.95 bits per heavy atom. The van der Waals surface area contributed by atoms with Gasteiger partial charge in [-0.05, 0) is 42.9 Å². The zero-order valence-electron chi connectivity index (χ0n) is 11.9. The molecule has 21 heavy (non-hydrogen) atoms. The van der Waals surface area contributed by atoms with Crippen molar-refractivity contribution in [1.29, 1.82) is 0 Å². The van der Waals surface area contributed by atoms with Crippen molar-refractivity contribution < 1.29 is 8.42 Å². The van der Waals surface area contributed by atoms with E-state index in [-0.39, 0.29) is 17.5 Å². The fourth-order valence-corrected chi connectivity index (χ4v) is 4.60. The van der Waals surface area contributed by atoms with Crippen LogP contribution in [0.15, 0.2) is 24.3 Å². The van der Waals surface area contributed by atoms with E-state index in [0.717, 1.165) is 5.69 Å². The second-order valence-electron chi connectivity index (χ2n) is 5.19. The minimum absolute atomic E-state index is 0.127. The number of nitrogens with one attached hydrogen (secondary N) is 1. The molecule has 8 heteroatoms. The fourth-order valence-electron chi connectivity index (χ4n) is 2.36. The van der Waals surface area contributed by atoms with Gasteiger partial charge in [0.15, 0.2) is 14.9 Å². The minimum atomic E-state index is -2.96. The number of hydrogen-bond donors (Lipinski definition) is 1. The Morgan fingerprint density at radius 1 is 1.33 bits per heavy atom. The molecule has 1 aromatic carbocycles. The first kappa shape index (κ1) is 16.5. The molecule has 0 spiro atoms. The van der Waals surface area contributed by atoms with E-state index in [2.05, 4.69) is 5.32 Å². The molecule has 0 amide bonds. The summed E-state index contributed by atoms with van der Waals surface area (Å²) < 4.78 is 23.3. The van der Waals surface area contributed by atoms with E-state index in [1.165, 1.54) is 0 Å². The Kier molecular flexibility index (Phi) is 5.08. The van der Waals surface area contributed by atoms with Gasteiger partial charge in [0, 0.05) is 24.8 Å². The van der Waals surface area contributed by atoms with E-state index in [1.54, 1.807) is 12.1 Å². The lowest BCUT2D eigenvalue weighted by Gasteiger charge is -2.36. The van der Waals surface area contributed by atoms with E-state index in [4.69, 9.17) is 23.8 Å². The molecule has 1 fully saturated rings. The van der Waals surface area contributed by atoms with E-state index >= 15 is 0 Å². The van der Waals surface area contributed by atoms with Gasteiger partial charge < -0.3 is 5.32 Å². The molecule has 0 saturated carbocycles. The van der Waals surface area contributed by atoms with Gasteiger partial charge in [-0.3, -0.25) is 5.01 Å². The molecular weight excluding hydrogens is 330 g/mol. The van der Waals surface area contributed by atoms with Crippen LogP contribution < -0.4 is 5.32 Å². The predicted octanol–water partition coefficient (Wildman–Crippen LogP) is 2.00. The largest absolute Gasteiger partial charge is 0.332 e. The van der Waals surface area contributed by atoms with Crippen LogP contribution in [0.25, 0.3) is 0 Å². The Labute approximate surface area is 135 Å². The van der Waals surface area contributed by atoms with Gasteiger partial charge in [0.2, 0.25) is 0 Å². The average molecular weight is 348 g/mol. The highest BCUT2D eigenvalue weighted by atomic mass is 35.5. The molecule has 0 unspecified atom stereocenters. The SMILES string of the molecule is CN(C)N(C(=S)Nc1ccc(Cl)cc1)[C@H]1CCS(=O)(=O)C1. The van der Waals surface area contributed by atoms with Crippen molar-refractivity contribution in [3.05, 3.63) is 29.3 Å². The Morgan fingerprint density at radius 3 is 2.43 bits per heavy atom. The molecule has 0 bridgehead atoms. The van der Waals surface area contributed by atoms with Crippen LogP contribution in [0, 0.1) is 0 Å². The van der Waals surface area contributed by atoms with Gasteiger partial charge in [-0.2, -0.15) is 0 Å². The summed E-state index contributed by atoms with van der Waals surface area (Å²) in [6.45, 7) is 0. The molecule has 1 atom stereocenters. The van der Waals surface area contributed by atoms with Gasteiger partial charge in [0.25, 0.3) is 0 Å². The van der Waals surface area contributed by atoms with Crippen LogP contribution in [0.2, 0.25) is 5.02 Å². The van der Waals surface area contributed by atoms with Gasteiger partial charge in [0.05, 0.1) is 17.5 Å². The maximum absolute atomic E-state index is 11.7. The van der Waals surface area contributed by atoms with Crippen molar-refractivity contribution in [3.8, 4) is 0 Å². The predicted molar refractivity (Wildman–Crippen MR) is 90.3 cm³/mol. The quantitative estimate of drug-likeness (QED) is 0.666. The standard InChI is InChI=1S/C13H18ClN3O2S2/c1-16(2)17(12-7-8-21(18,19)9-12)13(20)15-11-5-3-10(14)4-6-11/h3-6,12H,7-9H2,1-2H3,(H,15,20)/t12-/m0/s1. The number of sulfone groups is 1. The number of halogens is 1.